The molecule has 1 atom stereocenters. The van der Waals surface area contributed by atoms with Gasteiger partial charge in [0.2, 0.25) is 5.91 Å². The highest BCUT2D eigenvalue weighted by Crippen LogP contribution is 2.16. The van der Waals surface area contributed by atoms with E-state index in [4.69, 9.17) is 15.4 Å². The summed E-state index contributed by atoms with van der Waals surface area (Å²) in [6.07, 6.45) is 2.16. The van der Waals surface area contributed by atoms with Gasteiger partial charge in [0.1, 0.15) is 11.7 Å². The fourth-order valence-corrected chi connectivity index (χ4v) is 2.03. The van der Waals surface area contributed by atoms with Gasteiger partial charge in [-0.1, -0.05) is 35.5 Å². The summed E-state index contributed by atoms with van der Waals surface area (Å²) in [6, 6.07) is 12.6. The standard InChI is InChI=1S/C15H17N3O3/c16-14(18-20)13(11-5-2-1-3-6-11)15(19)17-9-8-12-7-4-10-21-12/h1-7,10,13,20H,8-9H2,(H2,16,18)(H,17,19). The van der Waals surface area contributed by atoms with Crippen molar-refractivity contribution in [1.29, 1.82) is 0 Å². The van der Waals surface area contributed by atoms with E-state index in [9.17, 15) is 4.79 Å². The van der Waals surface area contributed by atoms with Crippen molar-refractivity contribution in [2.45, 2.75) is 12.3 Å². The van der Waals surface area contributed by atoms with Gasteiger partial charge in [-0.2, -0.15) is 0 Å². The van der Waals surface area contributed by atoms with Gasteiger partial charge < -0.3 is 20.7 Å². The maximum atomic E-state index is 12.3. The molecule has 0 aliphatic rings. The molecule has 0 aliphatic carbocycles. The van der Waals surface area contributed by atoms with E-state index in [0.29, 0.717) is 18.5 Å². The number of nitrogens with zero attached hydrogens (tertiary/aromatic N) is 1. The van der Waals surface area contributed by atoms with Crippen molar-refractivity contribution >= 4 is 11.7 Å². The summed E-state index contributed by atoms with van der Waals surface area (Å²) in [5, 5.41) is 14.6. The molecule has 110 valence electrons. The Bertz CT molecular complexity index is 594. The van der Waals surface area contributed by atoms with E-state index >= 15 is 0 Å². The first kappa shape index (κ1) is 14.6. The molecule has 1 heterocycles. The second kappa shape index (κ2) is 7.14. The average molecular weight is 287 g/mol. The highest BCUT2D eigenvalue weighted by Gasteiger charge is 2.24. The fourth-order valence-electron chi connectivity index (χ4n) is 2.03. The van der Waals surface area contributed by atoms with Crippen LogP contribution in [-0.4, -0.2) is 23.5 Å². The first-order valence-corrected chi connectivity index (χ1v) is 6.55. The Morgan fingerprint density at radius 2 is 2.05 bits per heavy atom. The Kier molecular flexibility index (Phi) is 4.98. The summed E-state index contributed by atoms with van der Waals surface area (Å²) in [4.78, 5) is 12.3. The molecule has 0 spiro atoms. The third-order valence-electron chi connectivity index (χ3n) is 3.06. The van der Waals surface area contributed by atoms with Crippen molar-refractivity contribution in [1.82, 2.24) is 5.32 Å². The van der Waals surface area contributed by atoms with Crippen LogP contribution in [0.1, 0.15) is 17.2 Å². The molecule has 0 fully saturated rings. The van der Waals surface area contributed by atoms with Crippen LogP contribution in [0.5, 0.6) is 0 Å². The first-order valence-electron chi connectivity index (χ1n) is 6.55. The van der Waals surface area contributed by atoms with Crippen LogP contribution in [0.2, 0.25) is 0 Å². The average Bonchev–Trinajstić information content (AvgIpc) is 3.01. The third-order valence-corrected chi connectivity index (χ3v) is 3.06. The molecule has 0 bridgehead atoms. The smallest absolute Gasteiger partial charge is 0.235 e. The molecule has 0 saturated heterocycles. The molecule has 2 aromatic rings. The molecule has 1 unspecified atom stereocenters. The maximum absolute atomic E-state index is 12.3. The highest BCUT2D eigenvalue weighted by molar-refractivity contribution is 6.07. The molecule has 0 radical (unpaired) electrons. The van der Waals surface area contributed by atoms with Crippen LogP contribution < -0.4 is 11.1 Å². The Hall–Kier alpha value is -2.76. The van der Waals surface area contributed by atoms with Crippen LogP contribution in [0, 0.1) is 0 Å². The first-order chi connectivity index (χ1) is 10.2. The fraction of sp³-hybridized carbons (Fsp3) is 0.200. The zero-order chi connectivity index (χ0) is 15.1. The number of carbonyl (C=O) groups is 1. The number of amidine groups is 1. The molecular formula is C15H17N3O3. The molecule has 1 amide bonds. The van der Waals surface area contributed by atoms with Crippen LogP contribution in [0.25, 0.3) is 0 Å². The quantitative estimate of drug-likeness (QED) is 0.324. The van der Waals surface area contributed by atoms with Gasteiger partial charge in [-0.05, 0) is 17.7 Å². The molecule has 6 heteroatoms. The number of nitrogens with two attached hydrogens (primary N) is 1. The summed E-state index contributed by atoms with van der Waals surface area (Å²) in [7, 11) is 0. The number of furan rings is 1. The minimum atomic E-state index is -0.812. The second-order valence-electron chi connectivity index (χ2n) is 4.49. The number of oxime groups is 1. The lowest BCUT2D eigenvalue weighted by atomic mass is 9.97. The van der Waals surface area contributed by atoms with Gasteiger partial charge in [-0.15, -0.1) is 0 Å². The predicted octanol–water partition coefficient (Wildman–Crippen LogP) is 1.47. The Morgan fingerprint density at radius 3 is 2.67 bits per heavy atom. The van der Waals surface area contributed by atoms with E-state index in [0.717, 1.165) is 5.76 Å². The van der Waals surface area contributed by atoms with Crippen LogP contribution in [0.15, 0.2) is 58.3 Å². The summed E-state index contributed by atoms with van der Waals surface area (Å²) >= 11 is 0. The van der Waals surface area contributed by atoms with E-state index in [2.05, 4.69) is 10.5 Å². The number of nitrogens with one attached hydrogen (secondary N) is 1. The van der Waals surface area contributed by atoms with E-state index in [1.165, 1.54) is 0 Å². The van der Waals surface area contributed by atoms with Gasteiger partial charge in [0.05, 0.1) is 6.26 Å². The summed E-state index contributed by atoms with van der Waals surface area (Å²) in [6.45, 7) is 0.411. The van der Waals surface area contributed by atoms with E-state index < -0.39 is 5.92 Å². The lowest BCUT2D eigenvalue weighted by molar-refractivity contribution is -0.121. The van der Waals surface area contributed by atoms with Crippen LogP contribution in [0.3, 0.4) is 0 Å². The normalized spacial score (nSPS) is 12.9. The monoisotopic (exact) mass is 287 g/mol. The van der Waals surface area contributed by atoms with Crippen LogP contribution >= 0.6 is 0 Å². The maximum Gasteiger partial charge on any atom is 0.235 e. The van der Waals surface area contributed by atoms with E-state index in [-0.39, 0.29) is 11.7 Å². The van der Waals surface area contributed by atoms with Crippen molar-refractivity contribution in [2.24, 2.45) is 10.9 Å². The van der Waals surface area contributed by atoms with Gasteiger partial charge in [0.25, 0.3) is 0 Å². The topological polar surface area (TPSA) is 101 Å². The molecule has 4 N–H and O–H groups in total. The zero-order valence-electron chi connectivity index (χ0n) is 11.4. The molecule has 0 saturated carbocycles. The van der Waals surface area contributed by atoms with Crippen LogP contribution in [-0.2, 0) is 11.2 Å². The lowest BCUT2D eigenvalue weighted by Crippen LogP contribution is -2.38. The van der Waals surface area contributed by atoms with Crippen molar-refractivity contribution in [3.63, 3.8) is 0 Å². The number of hydrogen-bond acceptors (Lipinski definition) is 4. The Labute approximate surface area is 122 Å². The SMILES string of the molecule is NC(=NO)C(C(=O)NCCc1ccco1)c1ccccc1. The summed E-state index contributed by atoms with van der Waals surface area (Å²) in [5.74, 6) is -0.483. The number of carbonyl (C=O) groups excluding carboxylic acids is 1. The number of benzene rings is 1. The minimum absolute atomic E-state index is 0.142. The van der Waals surface area contributed by atoms with Gasteiger partial charge in [-0.25, -0.2) is 0 Å². The molecule has 2 rings (SSSR count). The molecule has 0 aliphatic heterocycles. The van der Waals surface area contributed by atoms with Gasteiger partial charge in [0.15, 0.2) is 5.84 Å². The number of rotatable bonds is 6. The molecule has 21 heavy (non-hydrogen) atoms. The highest BCUT2D eigenvalue weighted by atomic mass is 16.4. The van der Waals surface area contributed by atoms with Gasteiger partial charge >= 0.3 is 0 Å². The zero-order valence-corrected chi connectivity index (χ0v) is 11.4. The van der Waals surface area contributed by atoms with Gasteiger partial charge in [-0.3, -0.25) is 4.79 Å². The third kappa shape index (κ3) is 3.85. The van der Waals surface area contributed by atoms with Gasteiger partial charge in [0, 0.05) is 13.0 Å². The Morgan fingerprint density at radius 1 is 1.29 bits per heavy atom. The Balaban J connectivity index is 2.01. The molecule has 1 aromatic carbocycles. The number of amides is 1. The number of hydrogen-bond donors (Lipinski definition) is 3. The van der Waals surface area contributed by atoms with E-state index in [1.807, 2.05) is 12.1 Å². The van der Waals surface area contributed by atoms with Crippen molar-refractivity contribution in [3.05, 3.63) is 60.1 Å². The van der Waals surface area contributed by atoms with Crippen LogP contribution in [0.4, 0.5) is 0 Å². The van der Waals surface area contributed by atoms with Crippen molar-refractivity contribution < 1.29 is 14.4 Å². The van der Waals surface area contributed by atoms with E-state index in [1.54, 1.807) is 36.6 Å². The molecule has 6 nitrogen and oxygen atoms in total. The minimum Gasteiger partial charge on any atom is -0.469 e. The van der Waals surface area contributed by atoms with Crippen molar-refractivity contribution in [3.8, 4) is 0 Å². The lowest BCUT2D eigenvalue weighted by Gasteiger charge is -2.15. The summed E-state index contributed by atoms with van der Waals surface area (Å²) in [5.41, 5.74) is 6.31. The molecule has 1 aromatic heterocycles. The second-order valence-corrected chi connectivity index (χ2v) is 4.49. The largest absolute Gasteiger partial charge is 0.469 e. The predicted molar refractivity (Wildman–Crippen MR) is 78.0 cm³/mol. The summed E-state index contributed by atoms with van der Waals surface area (Å²) < 4.78 is 5.19. The molecular weight excluding hydrogens is 270 g/mol. The van der Waals surface area contributed by atoms with Crippen molar-refractivity contribution in [2.75, 3.05) is 6.54 Å².